The lowest BCUT2D eigenvalue weighted by atomic mass is 10.0. The Morgan fingerprint density at radius 2 is 2.11 bits per heavy atom. The van der Waals surface area contributed by atoms with Gasteiger partial charge in [-0.15, -0.1) is 0 Å². The van der Waals surface area contributed by atoms with Crippen molar-refractivity contribution in [3.8, 4) is 0 Å². The zero-order valence-corrected chi connectivity index (χ0v) is 11.0. The Labute approximate surface area is 112 Å². The fraction of sp³-hybridized carbons (Fsp3) is 0.533. The van der Waals surface area contributed by atoms with Crippen LogP contribution in [0.2, 0.25) is 0 Å². The Balaban J connectivity index is 1.83. The number of nitrogens with one attached hydrogen (secondary N) is 1. The Hall–Kier alpha value is -1.58. The summed E-state index contributed by atoms with van der Waals surface area (Å²) in [6.45, 7) is 0.739. The van der Waals surface area contributed by atoms with Crippen molar-refractivity contribution in [3.63, 3.8) is 0 Å². The lowest BCUT2D eigenvalue weighted by Gasteiger charge is -2.11. The van der Waals surface area contributed by atoms with Gasteiger partial charge in [-0.3, -0.25) is 0 Å². The Morgan fingerprint density at radius 1 is 1.37 bits per heavy atom. The number of anilines is 1. The minimum Gasteiger partial charge on any atom is -0.478 e. The molecular weight excluding hydrogens is 245 g/mol. The molecule has 1 aliphatic rings. The van der Waals surface area contributed by atoms with E-state index in [4.69, 9.17) is 5.11 Å². The molecule has 3 nitrogen and oxygen atoms in total. The predicted molar refractivity (Wildman–Crippen MR) is 73.0 cm³/mol. The molecule has 0 amide bonds. The van der Waals surface area contributed by atoms with Crippen LogP contribution in [0.4, 0.5) is 10.1 Å². The molecule has 0 bridgehead atoms. The zero-order chi connectivity index (χ0) is 13.7. The van der Waals surface area contributed by atoms with Gasteiger partial charge in [0.15, 0.2) is 0 Å². The smallest absolute Gasteiger partial charge is 0.337 e. The van der Waals surface area contributed by atoms with Crippen molar-refractivity contribution in [3.05, 3.63) is 29.6 Å². The maximum Gasteiger partial charge on any atom is 0.337 e. The second-order valence-corrected chi connectivity index (χ2v) is 5.21. The van der Waals surface area contributed by atoms with Gasteiger partial charge in [0.1, 0.15) is 5.82 Å². The first-order valence-corrected chi connectivity index (χ1v) is 6.93. The standard InChI is InChI=1S/C15H20FNO2/c16-12-7-8-14(13(10-12)15(18)19)17-9-3-6-11-4-1-2-5-11/h7-8,10-11,17H,1-6,9H2,(H,18,19). The fourth-order valence-electron chi connectivity index (χ4n) is 2.76. The van der Waals surface area contributed by atoms with Crippen molar-refractivity contribution in [2.24, 2.45) is 5.92 Å². The van der Waals surface area contributed by atoms with E-state index in [9.17, 15) is 9.18 Å². The summed E-state index contributed by atoms with van der Waals surface area (Å²) in [7, 11) is 0. The molecule has 0 spiro atoms. The molecule has 0 radical (unpaired) electrons. The molecule has 0 saturated heterocycles. The molecule has 1 aliphatic carbocycles. The number of aromatic carboxylic acids is 1. The molecule has 104 valence electrons. The van der Waals surface area contributed by atoms with Gasteiger partial charge in [0, 0.05) is 12.2 Å². The SMILES string of the molecule is O=C(O)c1cc(F)ccc1NCCCC1CCCC1. The highest BCUT2D eigenvalue weighted by atomic mass is 19.1. The van der Waals surface area contributed by atoms with Gasteiger partial charge in [0.05, 0.1) is 5.56 Å². The quantitative estimate of drug-likeness (QED) is 0.767. The van der Waals surface area contributed by atoms with Gasteiger partial charge in [-0.2, -0.15) is 0 Å². The van der Waals surface area contributed by atoms with Crippen LogP contribution >= 0.6 is 0 Å². The van der Waals surface area contributed by atoms with Crippen molar-refractivity contribution < 1.29 is 14.3 Å². The summed E-state index contributed by atoms with van der Waals surface area (Å²) >= 11 is 0. The maximum atomic E-state index is 13.0. The topological polar surface area (TPSA) is 49.3 Å². The van der Waals surface area contributed by atoms with E-state index in [0.717, 1.165) is 24.9 Å². The van der Waals surface area contributed by atoms with Gasteiger partial charge in [0.25, 0.3) is 0 Å². The predicted octanol–water partition coefficient (Wildman–Crippen LogP) is 3.91. The number of carboxylic acids is 1. The van der Waals surface area contributed by atoms with Crippen LogP contribution in [0.15, 0.2) is 18.2 Å². The minimum absolute atomic E-state index is 0.000802. The molecule has 0 aromatic heterocycles. The average molecular weight is 265 g/mol. The highest BCUT2D eigenvalue weighted by Crippen LogP contribution is 2.28. The number of carboxylic acid groups (broad SMARTS) is 1. The van der Waals surface area contributed by atoms with Gasteiger partial charge in [-0.05, 0) is 37.0 Å². The Bertz CT molecular complexity index is 442. The van der Waals surface area contributed by atoms with Crippen LogP contribution in [0, 0.1) is 11.7 Å². The summed E-state index contributed by atoms with van der Waals surface area (Å²) in [5.74, 6) is -0.777. The van der Waals surface area contributed by atoms with Crippen LogP contribution in [0.1, 0.15) is 48.9 Å². The van der Waals surface area contributed by atoms with Crippen LogP contribution in [0.5, 0.6) is 0 Å². The van der Waals surface area contributed by atoms with E-state index in [1.807, 2.05) is 0 Å². The molecule has 0 atom stereocenters. The van der Waals surface area contributed by atoms with Crippen molar-refractivity contribution >= 4 is 11.7 Å². The number of benzene rings is 1. The zero-order valence-electron chi connectivity index (χ0n) is 11.0. The molecule has 0 heterocycles. The number of rotatable bonds is 6. The molecule has 1 aromatic carbocycles. The van der Waals surface area contributed by atoms with Gasteiger partial charge < -0.3 is 10.4 Å². The molecule has 1 aromatic rings. The third-order valence-corrected chi connectivity index (χ3v) is 3.79. The van der Waals surface area contributed by atoms with E-state index in [1.165, 1.54) is 44.2 Å². The van der Waals surface area contributed by atoms with E-state index in [-0.39, 0.29) is 5.56 Å². The summed E-state index contributed by atoms with van der Waals surface area (Å²) in [6.07, 6.45) is 7.57. The highest BCUT2D eigenvalue weighted by molar-refractivity contribution is 5.94. The third kappa shape index (κ3) is 3.94. The van der Waals surface area contributed by atoms with E-state index < -0.39 is 11.8 Å². The van der Waals surface area contributed by atoms with Gasteiger partial charge in [-0.1, -0.05) is 25.7 Å². The number of hydrogen-bond acceptors (Lipinski definition) is 2. The van der Waals surface area contributed by atoms with E-state index >= 15 is 0 Å². The molecular formula is C15H20FNO2. The first kappa shape index (κ1) is 13.8. The summed E-state index contributed by atoms with van der Waals surface area (Å²) in [4.78, 5) is 11.0. The van der Waals surface area contributed by atoms with Crippen LogP contribution < -0.4 is 5.32 Å². The van der Waals surface area contributed by atoms with Crippen LogP contribution in [-0.2, 0) is 0 Å². The minimum atomic E-state index is -1.10. The first-order chi connectivity index (χ1) is 9.16. The molecule has 2 N–H and O–H groups in total. The first-order valence-electron chi connectivity index (χ1n) is 6.93. The van der Waals surface area contributed by atoms with Crippen molar-refractivity contribution in [1.29, 1.82) is 0 Å². The largest absolute Gasteiger partial charge is 0.478 e. The second-order valence-electron chi connectivity index (χ2n) is 5.21. The second kappa shape index (κ2) is 6.55. The van der Waals surface area contributed by atoms with Crippen LogP contribution in [0.3, 0.4) is 0 Å². The van der Waals surface area contributed by atoms with Crippen LogP contribution in [-0.4, -0.2) is 17.6 Å². The number of halogens is 1. The Kier molecular flexibility index (Phi) is 4.77. The van der Waals surface area contributed by atoms with Crippen LogP contribution in [0.25, 0.3) is 0 Å². The van der Waals surface area contributed by atoms with Gasteiger partial charge in [0.2, 0.25) is 0 Å². The summed E-state index contributed by atoms with van der Waals surface area (Å²) in [5, 5.41) is 12.1. The van der Waals surface area contributed by atoms with Crippen molar-refractivity contribution in [1.82, 2.24) is 0 Å². The number of carbonyl (C=O) groups is 1. The van der Waals surface area contributed by atoms with E-state index in [0.29, 0.717) is 5.69 Å². The summed E-state index contributed by atoms with van der Waals surface area (Å²) in [5.41, 5.74) is 0.501. The third-order valence-electron chi connectivity index (χ3n) is 3.79. The lowest BCUT2D eigenvalue weighted by Crippen LogP contribution is -2.09. The summed E-state index contributed by atoms with van der Waals surface area (Å²) in [6, 6.07) is 3.84. The molecule has 1 fully saturated rings. The Morgan fingerprint density at radius 3 is 2.79 bits per heavy atom. The number of hydrogen-bond donors (Lipinski definition) is 2. The molecule has 2 rings (SSSR count). The fourth-order valence-corrected chi connectivity index (χ4v) is 2.76. The van der Waals surface area contributed by atoms with Crippen molar-refractivity contribution in [2.75, 3.05) is 11.9 Å². The average Bonchev–Trinajstić information content (AvgIpc) is 2.89. The molecule has 1 saturated carbocycles. The van der Waals surface area contributed by atoms with Crippen molar-refractivity contribution in [2.45, 2.75) is 38.5 Å². The van der Waals surface area contributed by atoms with E-state index in [1.54, 1.807) is 0 Å². The van der Waals surface area contributed by atoms with Gasteiger partial charge in [-0.25, -0.2) is 9.18 Å². The monoisotopic (exact) mass is 265 g/mol. The molecule has 0 unspecified atom stereocenters. The molecule has 0 aliphatic heterocycles. The highest BCUT2D eigenvalue weighted by Gasteiger charge is 2.14. The van der Waals surface area contributed by atoms with Gasteiger partial charge >= 0.3 is 5.97 Å². The lowest BCUT2D eigenvalue weighted by molar-refractivity contribution is 0.0697. The normalized spacial score (nSPS) is 15.6. The summed E-state index contributed by atoms with van der Waals surface area (Å²) < 4.78 is 13.0. The maximum absolute atomic E-state index is 13.0. The molecule has 19 heavy (non-hydrogen) atoms. The molecule has 4 heteroatoms. The van der Waals surface area contributed by atoms with E-state index in [2.05, 4.69) is 5.32 Å².